The summed E-state index contributed by atoms with van der Waals surface area (Å²) in [4.78, 5) is 4.31. The Labute approximate surface area is 108 Å². The molecule has 0 aliphatic rings. The maximum absolute atomic E-state index is 5.93. The minimum Gasteiger partial charge on any atom is -0.334 e. The highest BCUT2D eigenvalue weighted by atomic mass is 79.9. The lowest BCUT2D eigenvalue weighted by Gasteiger charge is -2.02. The fourth-order valence-corrected chi connectivity index (χ4v) is 1.80. The lowest BCUT2D eigenvalue weighted by Crippen LogP contribution is -2.11. The van der Waals surface area contributed by atoms with Crippen LogP contribution in [0.2, 0.25) is 0 Å². The van der Waals surface area contributed by atoms with Gasteiger partial charge in [0, 0.05) is 10.0 Å². The first kappa shape index (κ1) is 12.3. The Hall–Kier alpha value is -1.20. The van der Waals surface area contributed by atoms with Gasteiger partial charge < -0.3 is 10.3 Å². The third kappa shape index (κ3) is 2.92. The standard InChI is InChI=1S/C12H14BrN3O/c1-2-3-10(14)11-15-12(17-16-11)8-4-6-9(13)7-5-8/h4-7,10H,2-3,14H2,1H3. The van der Waals surface area contributed by atoms with Crippen LogP contribution in [0.4, 0.5) is 0 Å². The minimum absolute atomic E-state index is 0.145. The van der Waals surface area contributed by atoms with Crippen molar-refractivity contribution in [1.29, 1.82) is 0 Å². The lowest BCUT2D eigenvalue weighted by molar-refractivity contribution is 0.413. The van der Waals surface area contributed by atoms with E-state index in [-0.39, 0.29) is 6.04 Å². The van der Waals surface area contributed by atoms with Crippen molar-refractivity contribution in [3.8, 4) is 11.5 Å². The molecule has 0 amide bonds. The molecule has 0 saturated heterocycles. The van der Waals surface area contributed by atoms with Gasteiger partial charge in [-0.25, -0.2) is 0 Å². The normalized spacial score (nSPS) is 12.6. The second-order valence-electron chi connectivity index (χ2n) is 3.86. The van der Waals surface area contributed by atoms with Gasteiger partial charge in [0.15, 0.2) is 5.82 Å². The molecule has 2 aromatic rings. The summed E-state index contributed by atoms with van der Waals surface area (Å²) in [7, 11) is 0. The van der Waals surface area contributed by atoms with Gasteiger partial charge in [0.2, 0.25) is 0 Å². The van der Waals surface area contributed by atoms with E-state index in [4.69, 9.17) is 10.3 Å². The van der Waals surface area contributed by atoms with Gasteiger partial charge in [-0.1, -0.05) is 34.4 Å². The molecule has 90 valence electrons. The van der Waals surface area contributed by atoms with Crippen molar-refractivity contribution < 1.29 is 4.52 Å². The summed E-state index contributed by atoms with van der Waals surface area (Å²) in [5, 5.41) is 3.91. The van der Waals surface area contributed by atoms with Crippen LogP contribution in [0.5, 0.6) is 0 Å². The van der Waals surface area contributed by atoms with Crippen LogP contribution < -0.4 is 5.73 Å². The Balaban J connectivity index is 2.20. The van der Waals surface area contributed by atoms with Gasteiger partial charge in [-0.3, -0.25) is 0 Å². The minimum atomic E-state index is -0.145. The van der Waals surface area contributed by atoms with Crippen LogP contribution in [0.3, 0.4) is 0 Å². The zero-order valence-electron chi connectivity index (χ0n) is 9.56. The van der Waals surface area contributed by atoms with E-state index in [0.29, 0.717) is 11.7 Å². The van der Waals surface area contributed by atoms with Crippen LogP contribution in [-0.4, -0.2) is 10.1 Å². The van der Waals surface area contributed by atoms with Crippen LogP contribution in [0.25, 0.3) is 11.5 Å². The average molecular weight is 296 g/mol. The van der Waals surface area contributed by atoms with Gasteiger partial charge >= 0.3 is 0 Å². The van der Waals surface area contributed by atoms with Crippen molar-refractivity contribution >= 4 is 15.9 Å². The van der Waals surface area contributed by atoms with Crippen molar-refractivity contribution in [2.24, 2.45) is 5.73 Å². The van der Waals surface area contributed by atoms with Crippen LogP contribution in [-0.2, 0) is 0 Å². The van der Waals surface area contributed by atoms with E-state index in [1.807, 2.05) is 24.3 Å². The Morgan fingerprint density at radius 1 is 1.35 bits per heavy atom. The molecule has 0 spiro atoms. The summed E-state index contributed by atoms with van der Waals surface area (Å²) in [5.74, 6) is 1.09. The van der Waals surface area contributed by atoms with E-state index in [2.05, 4.69) is 33.0 Å². The zero-order valence-corrected chi connectivity index (χ0v) is 11.1. The molecule has 2 rings (SSSR count). The van der Waals surface area contributed by atoms with Crippen molar-refractivity contribution in [2.75, 3.05) is 0 Å². The molecular weight excluding hydrogens is 282 g/mol. The summed E-state index contributed by atoms with van der Waals surface area (Å²) < 4.78 is 6.22. The molecule has 4 nitrogen and oxygen atoms in total. The summed E-state index contributed by atoms with van der Waals surface area (Å²) in [5.41, 5.74) is 6.83. The topological polar surface area (TPSA) is 64.9 Å². The quantitative estimate of drug-likeness (QED) is 0.940. The molecule has 0 bridgehead atoms. The van der Waals surface area contributed by atoms with Crippen molar-refractivity contribution in [2.45, 2.75) is 25.8 Å². The van der Waals surface area contributed by atoms with Gasteiger partial charge in [0.05, 0.1) is 6.04 Å². The van der Waals surface area contributed by atoms with Crippen LogP contribution in [0, 0.1) is 0 Å². The largest absolute Gasteiger partial charge is 0.334 e. The van der Waals surface area contributed by atoms with E-state index in [9.17, 15) is 0 Å². The smallest absolute Gasteiger partial charge is 0.257 e. The monoisotopic (exact) mass is 295 g/mol. The molecular formula is C12H14BrN3O. The van der Waals surface area contributed by atoms with E-state index < -0.39 is 0 Å². The van der Waals surface area contributed by atoms with E-state index >= 15 is 0 Å². The first-order valence-corrected chi connectivity index (χ1v) is 6.35. The SMILES string of the molecule is CCCC(N)c1noc(-c2ccc(Br)cc2)n1. The number of nitrogens with two attached hydrogens (primary N) is 1. The molecule has 0 fully saturated rings. The predicted molar refractivity (Wildman–Crippen MR) is 69.3 cm³/mol. The number of aromatic nitrogens is 2. The van der Waals surface area contributed by atoms with Gasteiger partial charge in [0.25, 0.3) is 5.89 Å². The number of nitrogens with zero attached hydrogens (tertiary/aromatic N) is 2. The van der Waals surface area contributed by atoms with Crippen molar-refractivity contribution in [3.63, 3.8) is 0 Å². The number of halogens is 1. The number of rotatable bonds is 4. The Kier molecular flexibility index (Phi) is 3.91. The Bertz CT molecular complexity index is 481. The predicted octanol–water partition coefficient (Wildman–Crippen LogP) is 3.30. The van der Waals surface area contributed by atoms with Gasteiger partial charge in [0.1, 0.15) is 0 Å². The first-order chi connectivity index (χ1) is 8.20. The zero-order chi connectivity index (χ0) is 12.3. The Morgan fingerprint density at radius 2 is 2.06 bits per heavy atom. The molecule has 1 aromatic heterocycles. The van der Waals surface area contributed by atoms with Gasteiger partial charge in [-0.15, -0.1) is 0 Å². The Morgan fingerprint density at radius 3 is 2.71 bits per heavy atom. The molecule has 2 N–H and O–H groups in total. The number of hydrogen-bond acceptors (Lipinski definition) is 4. The fraction of sp³-hybridized carbons (Fsp3) is 0.333. The van der Waals surface area contributed by atoms with Gasteiger partial charge in [-0.2, -0.15) is 4.98 Å². The lowest BCUT2D eigenvalue weighted by atomic mass is 10.2. The maximum Gasteiger partial charge on any atom is 0.257 e. The molecule has 1 atom stereocenters. The molecule has 17 heavy (non-hydrogen) atoms. The van der Waals surface area contributed by atoms with Crippen molar-refractivity contribution in [1.82, 2.24) is 10.1 Å². The van der Waals surface area contributed by atoms with E-state index in [0.717, 1.165) is 22.9 Å². The van der Waals surface area contributed by atoms with Crippen LogP contribution in [0.1, 0.15) is 31.6 Å². The average Bonchev–Trinajstić information content (AvgIpc) is 2.80. The van der Waals surface area contributed by atoms with Crippen LogP contribution in [0.15, 0.2) is 33.3 Å². The summed E-state index contributed by atoms with van der Waals surface area (Å²) in [6.45, 7) is 2.08. The fourth-order valence-electron chi connectivity index (χ4n) is 1.54. The third-order valence-corrected chi connectivity index (χ3v) is 2.99. The third-order valence-electron chi connectivity index (χ3n) is 2.46. The maximum atomic E-state index is 5.93. The van der Waals surface area contributed by atoms with E-state index in [1.165, 1.54) is 0 Å². The summed E-state index contributed by atoms with van der Waals surface area (Å²) >= 11 is 3.38. The molecule has 0 aliphatic carbocycles. The second kappa shape index (κ2) is 5.42. The van der Waals surface area contributed by atoms with Crippen LogP contribution >= 0.6 is 15.9 Å². The molecule has 0 saturated carbocycles. The molecule has 0 aliphatic heterocycles. The molecule has 1 unspecified atom stereocenters. The number of benzene rings is 1. The molecule has 5 heteroatoms. The summed E-state index contributed by atoms with van der Waals surface area (Å²) in [6.07, 6.45) is 1.86. The second-order valence-corrected chi connectivity index (χ2v) is 4.78. The van der Waals surface area contributed by atoms with E-state index in [1.54, 1.807) is 0 Å². The number of hydrogen-bond donors (Lipinski definition) is 1. The highest BCUT2D eigenvalue weighted by Crippen LogP contribution is 2.22. The van der Waals surface area contributed by atoms with Crippen molar-refractivity contribution in [3.05, 3.63) is 34.6 Å². The molecule has 1 heterocycles. The first-order valence-electron chi connectivity index (χ1n) is 5.56. The summed E-state index contributed by atoms with van der Waals surface area (Å²) in [6, 6.07) is 7.57. The highest BCUT2D eigenvalue weighted by Gasteiger charge is 2.14. The molecule has 0 radical (unpaired) electrons. The molecule has 1 aromatic carbocycles. The van der Waals surface area contributed by atoms with Gasteiger partial charge in [-0.05, 0) is 30.7 Å². The highest BCUT2D eigenvalue weighted by molar-refractivity contribution is 9.10.